The van der Waals surface area contributed by atoms with E-state index >= 15 is 0 Å². The predicted molar refractivity (Wildman–Crippen MR) is 89.9 cm³/mol. The molecule has 1 rings (SSSR count). The molecule has 0 heterocycles. The van der Waals surface area contributed by atoms with Gasteiger partial charge in [-0.2, -0.15) is 0 Å². The van der Waals surface area contributed by atoms with Gasteiger partial charge in [0.15, 0.2) is 0 Å². The highest BCUT2D eigenvalue weighted by atomic mass is 28.4. The molecule has 0 amide bonds. The summed E-state index contributed by atoms with van der Waals surface area (Å²) in [7, 11) is 2.26. The quantitative estimate of drug-likeness (QED) is 0.461. The highest BCUT2D eigenvalue weighted by Gasteiger charge is 2.40. The van der Waals surface area contributed by atoms with Crippen LogP contribution < -0.4 is 5.19 Å². The Labute approximate surface area is 131 Å². The van der Waals surface area contributed by atoms with E-state index in [4.69, 9.17) is 13.3 Å². The minimum atomic E-state index is -2.67. The second-order valence-corrected chi connectivity index (χ2v) is 8.30. The van der Waals surface area contributed by atoms with Gasteiger partial charge in [-0.05, 0) is 18.4 Å². The van der Waals surface area contributed by atoms with Crippen molar-refractivity contribution in [1.29, 1.82) is 0 Å². The number of aryl methyl sites for hydroxylation is 1. The first-order chi connectivity index (χ1) is 10.2. The number of benzene rings is 1. The van der Waals surface area contributed by atoms with Crippen LogP contribution in [0.3, 0.4) is 0 Å². The molecule has 1 aromatic carbocycles. The summed E-state index contributed by atoms with van der Waals surface area (Å²) in [5.74, 6) is 0. The fourth-order valence-corrected chi connectivity index (χ4v) is 4.37. The molecule has 1 aromatic rings. The molecule has 0 N–H and O–H groups in total. The normalized spacial score (nSPS) is 11.8. The van der Waals surface area contributed by atoms with E-state index in [9.17, 15) is 0 Å². The summed E-state index contributed by atoms with van der Waals surface area (Å²) in [5.41, 5.74) is 1.38. The Hall–Kier alpha value is -0.683. The topological polar surface area (TPSA) is 27.7 Å². The molecule has 0 aliphatic carbocycles. The molecular formula is C17H30O3Si. The summed E-state index contributed by atoms with van der Waals surface area (Å²) in [5, 5.41) is 1.02. The molecule has 0 aliphatic rings. The summed E-state index contributed by atoms with van der Waals surface area (Å²) in [4.78, 5) is 0. The maximum atomic E-state index is 5.49. The molecule has 3 nitrogen and oxygen atoms in total. The molecule has 0 atom stereocenters. The molecule has 0 unspecified atom stereocenters. The predicted octanol–water partition coefficient (Wildman–Crippen LogP) is 3.67. The Morgan fingerprint density at radius 3 is 1.81 bits per heavy atom. The molecule has 0 saturated heterocycles. The molecular weight excluding hydrogens is 280 g/mol. The average molecular weight is 311 g/mol. The van der Waals surface area contributed by atoms with E-state index in [-0.39, 0.29) is 0 Å². The first-order valence-electron chi connectivity index (χ1n) is 7.97. The van der Waals surface area contributed by atoms with Crippen molar-refractivity contribution in [2.45, 2.75) is 51.9 Å². The molecule has 0 fully saturated rings. The van der Waals surface area contributed by atoms with E-state index in [1.165, 1.54) is 44.1 Å². The minimum Gasteiger partial charge on any atom is -0.373 e. The van der Waals surface area contributed by atoms with Crippen LogP contribution >= 0.6 is 0 Å². The van der Waals surface area contributed by atoms with E-state index in [1.807, 2.05) is 0 Å². The molecule has 4 heteroatoms. The molecule has 21 heavy (non-hydrogen) atoms. The largest absolute Gasteiger partial charge is 0.536 e. The van der Waals surface area contributed by atoms with Gasteiger partial charge in [0, 0.05) is 26.5 Å². The van der Waals surface area contributed by atoms with Gasteiger partial charge in [-0.25, -0.2) is 0 Å². The first-order valence-corrected chi connectivity index (χ1v) is 9.69. The van der Waals surface area contributed by atoms with Crippen LogP contribution in [0.25, 0.3) is 0 Å². The van der Waals surface area contributed by atoms with E-state index in [2.05, 4.69) is 31.2 Å². The molecule has 0 aromatic heterocycles. The van der Waals surface area contributed by atoms with Gasteiger partial charge < -0.3 is 13.3 Å². The van der Waals surface area contributed by atoms with E-state index < -0.39 is 8.80 Å². The number of hydrogen-bond acceptors (Lipinski definition) is 3. The molecule has 0 bridgehead atoms. The number of unbranched alkanes of at least 4 members (excludes halogenated alkanes) is 5. The molecule has 120 valence electrons. The summed E-state index contributed by atoms with van der Waals surface area (Å²) in [6.07, 6.45) is 9.16. The van der Waals surface area contributed by atoms with E-state index in [0.29, 0.717) is 0 Å². The van der Waals surface area contributed by atoms with Gasteiger partial charge in [-0.3, -0.25) is 0 Å². The summed E-state index contributed by atoms with van der Waals surface area (Å²) < 4.78 is 16.5. The molecule has 0 spiro atoms. The third-order valence-electron chi connectivity index (χ3n) is 3.93. The van der Waals surface area contributed by atoms with Crippen molar-refractivity contribution in [1.82, 2.24) is 0 Å². The zero-order chi connectivity index (χ0) is 15.6. The van der Waals surface area contributed by atoms with Crippen LogP contribution in [0.1, 0.15) is 51.0 Å². The first kappa shape index (κ1) is 18.4. The molecule has 0 aliphatic heterocycles. The van der Waals surface area contributed by atoms with Crippen LogP contribution in [0, 0.1) is 0 Å². The highest BCUT2D eigenvalue weighted by Crippen LogP contribution is 2.11. The third kappa shape index (κ3) is 5.55. The lowest BCUT2D eigenvalue weighted by molar-refractivity contribution is 0.140. The molecule has 0 radical (unpaired) electrons. The Morgan fingerprint density at radius 1 is 0.762 bits per heavy atom. The van der Waals surface area contributed by atoms with Gasteiger partial charge in [-0.15, -0.1) is 0 Å². The van der Waals surface area contributed by atoms with Crippen LogP contribution in [0.2, 0.25) is 0 Å². The second kappa shape index (κ2) is 10.1. The fraction of sp³-hybridized carbons (Fsp3) is 0.647. The maximum Gasteiger partial charge on any atom is 0.536 e. The van der Waals surface area contributed by atoms with Gasteiger partial charge in [-0.1, -0.05) is 63.3 Å². The van der Waals surface area contributed by atoms with Gasteiger partial charge in [0.2, 0.25) is 0 Å². The Kier molecular flexibility index (Phi) is 8.84. The van der Waals surface area contributed by atoms with Gasteiger partial charge >= 0.3 is 8.80 Å². The summed E-state index contributed by atoms with van der Waals surface area (Å²) >= 11 is 0. The zero-order valence-electron chi connectivity index (χ0n) is 14.0. The lowest BCUT2D eigenvalue weighted by Crippen LogP contribution is -2.54. The smallest absolute Gasteiger partial charge is 0.373 e. The Morgan fingerprint density at radius 2 is 1.29 bits per heavy atom. The second-order valence-electron chi connectivity index (χ2n) is 5.38. The van der Waals surface area contributed by atoms with E-state index in [1.54, 1.807) is 21.3 Å². The van der Waals surface area contributed by atoms with Crippen molar-refractivity contribution in [2.24, 2.45) is 0 Å². The maximum absolute atomic E-state index is 5.49. The van der Waals surface area contributed by atoms with Crippen molar-refractivity contribution in [3.8, 4) is 0 Å². The van der Waals surface area contributed by atoms with Crippen LogP contribution in [0.5, 0.6) is 0 Å². The SMILES string of the molecule is CCCCCCCCc1ccc([Si](OC)(OC)OC)cc1. The highest BCUT2D eigenvalue weighted by molar-refractivity contribution is 6.75. The van der Waals surface area contributed by atoms with Gasteiger partial charge in [0.1, 0.15) is 0 Å². The van der Waals surface area contributed by atoms with Crippen molar-refractivity contribution in [2.75, 3.05) is 21.3 Å². The van der Waals surface area contributed by atoms with E-state index in [0.717, 1.165) is 11.6 Å². The van der Waals surface area contributed by atoms with Crippen LogP contribution in [-0.2, 0) is 19.7 Å². The lowest BCUT2D eigenvalue weighted by Gasteiger charge is -2.24. The minimum absolute atomic E-state index is 1.02. The summed E-state index contributed by atoms with van der Waals surface area (Å²) in [6, 6.07) is 8.49. The number of hydrogen-bond donors (Lipinski definition) is 0. The van der Waals surface area contributed by atoms with Gasteiger partial charge in [0.05, 0.1) is 0 Å². The van der Waals surface area contributed by atoms with Crippen LogP contribution in [0.4, 0.5) is 0 Å². The third-order valence-corrected chi connectivity index (χ3v) is 6.59. The molecule has 0 saturated carbocycles. The van der Waals surface area contributed by atoms with Gasteiger partial charge in [0.25, 0.3) is 0 Å². The van der Waals surface area contributed by atoms with Crippen molar-refractivity contribution in [3.63, 3.8) is 0 Å². The zero-order valence-corrected chi connectivity index (χ0v) is 15.0. The fourth-order valence-electron chi connectivity index (χ4n) is 2.59. The van der Waals surface area contributed by atoms with Crippen LogP contribution in [0.15, 0.2) is 24.3 Å². The average Bonchev–Trinajstić information content (AvgIpc) is 2.54. The van der Waals surface area contributed by atoms with Crippen LogP contribution in [-0.4, -0.2) is 30.1 Å². The lowest BCUT2D eigenvalue weighted by atomic mass is 10.1. The van der Waals surface area contributed by atoms with Crippen molar-refractivity contribution >= 4 is 14.0 Å². The monoisotopic (exact) mass is 310 g/mol. The van der Waals surface area contributed by atoms with Crippen molar-refractivity contribution < 1.29 is 13.3 Å². The Balaban J connectivity index is 2.46. The standard InChI is InChI=1S/C17H30O3Si/c1-5-6-7-8-9-10-11-16-12-14-17(15-13-16)21(18-2,19-3)20-4/h12-15H,5-11H2,1-4H3. The summed E-state index contributed by atoms with van der Waals surface area (Å²) in [6.45, 7) is 2.25. The Bertz CT molecular complexity index is 366. The van der Waals surface area contributed by atoms with Crippen molar-refractivity contribution in [3.05, 3.63) is 29.8 Å². The number of rotatable bonds is 11.